The maximum absolute atomic E-state index is 12.8. The van der Waals surface area contributed by atoms with Gasteiger partial charge < -0.3 is 21.7 Å². The summed E-state index contributed by atoms with van der Waals surface area (Å²) in [7, 11) is 0. The maximum Gasteiger partial charge on any atom is 2.00 e. The largest absolute Gasteiger partial charge is 2.00 e. The molecule has 0 N–H and O–H groups in total. The first kappa shape index (κ1) is 15.7. The van der Waals surface area contributed by atoms with E-state index in [0.29, 0.717) is 6.61 Å². The maximum atomic E-state index is 12.8. The molecular formula is C9H10BrFMgO. The summed E-state index contributed by atoms with van der Waals surface area (Å²) in [5.74, 6) is -0.0356. The topological polar surface area (TPSA) is 9.23 Å². The number of hydrogen-bond acceptors (Lipinski definition) is 1. The molecule has 0 aliphatic rings. The molecule has 68 valence electrons. The van der Waals surface area contributed by atoms with Crippen molar-refractivity contribution < 1.29 is 26.1 Å². The van der Waals surface area contributed by atoms with E-state index in [1.807, 2.05) is 6.92 Å². The molecule has 0 bridgehead atoms. The molecule has 1 nitrogen and oxygen atoms in total. The molecule has 0 radical (unpaired) electrons. The van der Waals surface area contributed by atoms with Crippen LogP contribution in [-0.2, 0) is 0 Å². The Morgan fingerprint density at radius 2 is 2.23 bits per heavy atom. The summed E-state index contributed by atoms with van der Waals surface area (Å²) in [6.07, 6.45) is 0.883. The van der Waals surface area contributed by atoms with Gasteiger partial charge in [-0.15, -0.1) is 12.1 Å². The normalized spacial score (nSPS) is 8.15. The molecule has 0 fully saturated rings. The predicted molar refractivity (Wildman–Crippen MR) is 46.8 cm³/mol. The smallest absolute Gasteiger partial charge is 1.00 e. The second-order valence-electron chi connectivity index (χ2n) is 2.20. The molecule has 0 unspecified atom stereocenters. The van der Waals surface area contributed by atoms with Gasteiger partial charge in [-0.05, 0) is 6.42 Å². The van der Waals surface area contributed by atoms with E-state index in [9.17, 15) is 4.39 Å². The molecule has 1 aromatic carbocycles. The van der Waals surface area contributed by atoms with Crippen molar-refractivity contribution >= 4 is 23.1 Å². The van der Waals surface area contributed by atoms with Crippen molar-refractivity contribution in [3.8, 4) is 5.75 Å². The van der Waals surface area contributed by atoms with Crippen LogP contribution in [-0.4, -0.2) is 29.7 Å². The summed E-state index contributed by atoms with van der Waals surface area (Å²) in [6.45, 7) is 2.53. The van der Waals surface area contributed by atoms with Gasteiger partial charge in [0.25, 0.3) is 0 Å². The molecule has 13 heavy (non-hydrogen) atoms. The first-order valence-corrected chi connectivity index (χ1v) is 3.63. The third-order valence-corrected chi connectivity index (χ3v) is 1.24. The molecule has 0 atom stereocenters. The van der Waals surface area contributed by atoms with Crippen molar-refractivity contribution in [1.82, 2.24) is 0 Å². The van der Waals surface area contributed by atoms with Gasteiger partial charge in [0.2, 0.25) is 0 Å². The molecular weight excluding hydrogens is 247 g/mol. The molecule has 0 heterocycles. The van der Waals surface area contributed by atoms with E-state index >= 15 is 0 Å². The Balaban J connectivity index is 0. The fourth-order valence-corrected chi connectivity index (χ4v) is 0.719. The number of hydrogen-bond donors (Lipinski definition) is 0. The summed E-state index contributed by atoms with van der Waals surface area (Å²) in [4.78, 5) is 0. The average molecular weight is 257 g/mol. The second kappa shape index (κ2) is 8.78. The fourth-order valence-electron chi connectivity index (χ4n) is 0.719. The van der Waals surface area contributed by atoms with Crippen LogP contribution in [0.4, 0.5) is 4.39 Å². The van der Waals surface area contributed by atoms with Gasteiger partial charge in [0.05, 0.1) is 12.4 Å². The van der Waals surface area contributed by atoms with E-state index in [0.717, 1.165) is 6.42 Å². The minimum Gasteiger partial charge on any atom is -1.00 e. The van der Waals surface area contributed by atoms with E-state index in [-0.39, 0.29) is 51.6 Å². The minimum atomic E-state index is -0.322. The third-order valence-electron chi connectivity index (χ3n) is 1.24. The van der Waals surface area contributed by atoms with E-state index in [2.05, 4.69) is 6.07 Å². The molecule has 0 amide bonds. The average Bonchev–Trinajstić information content (AvgIpc) is 2.03. The number of ether oxygens (including phenoxy) is 1. The summed E-state index contributed by atoms with van der Waals surface area (Å²) in [6, 6.07) is 7.11. The van der Waals surface area contributed by atoms with Crippen LogP contribution in [0.1, 0.15) is 13.3 Å². The fraction of sp³-hybridized carbons (Fsp3) is 0.333. The first-order valence-electron chi connectivity index (χ1n) is 3.63. The van der Waals surface area contributed by atoms with Gasteiger partial charge in [-0.3, -0.25) is 0 Å². The molecule has 0 saturated carbocycles. The number of rotatable bonds is 3. The molecule has 0 aliphatic heterocycles. The SMILES string of the molecule is CCCOc1c[c-]ccc1F.[Br-].[Mg+2]. The van der Waals surface area contributed by atoms with Gasteiger partial charge in [0.15, 0.2) is 0 Å². The standard InChI is InChI=1S/C9H10FO.BrH.Mg/c1-2-7-11-9-6-4-3-5-8(9)10;;/h3,5-6H,2,7H2,1H3;1H;/q-1;;+2/p-1. The summed E-state index contributed by atoms with van der Waals surface area (Å²) < 4.78 is 17.8. The zero-order valence-electron chi connectivity index (χ0n) is 7.52. The van der Waals surface area contributed by atoms with Crippen molar-refractivity contribution in [3.05, 3.63) is 30.1 Å². The monoisotopic (exact) mass is 256 g/mol. The van der Waals surface area contributed by atoms with Crippen LogP contribution >= 0.6 is 0 Å². The van der Waals surface area contributed by atoms with Crippen LogP contribution in [0.15, 0.2) is 18.2 Å². The molecule has 0 spiro atoms. The van der Waals surface area contributed by atoms with Crippen LogP contribution in [0.5, 0.6) is 5.75 Å². The summed E-state index contributed by atoms with van der Waals surface area (Å²) in [5.41, 5.74) is 0. The van der Waals surface area contributed by atoms with Crippen molar-refractivity contribution in [3.63, 3.8) is 0 Å². The molecule has 0 aromatic heterocycles. The Kier molecular flexibility index (Phi) is 10.6. The second-order valence-corrected chi connectivity index (χ2v) is 2.20. The molecule has 4 heteroatoms. The van der Waals surface area contributed by atoms with Crippen LogP contribution in [0, 0.1) is 11.9 Å². The van der Waals surface area contributed by atoms with E-state index in [1.165, 1.54) is 18.2 Å². The van der Waals surface area contributed by atoms with Crippen LogP contribution in [0.3, 0.4) is 0 Å². The molecule has 1 aromatic rings. The van der Waals surface area contributed by atoms with E-state index < -0.39 is 0 Å². The zero-order chi connectivity index (χ0) is 8.10. The van der Waals surface area contributed by atoms with Crippen LogP contribution < -0.4 is 21.7 Å². The Bertz CT molecular complexity index is 233. The van der Waals surface area contributed by atoms with Gasteiger partial charge in [-0.1, -0.05) is 6.92 Å². The zero-order valence-corrected chi connectivity index (χ0v) is 10.5. The Morgan fingerprint density at radius 1 is 1.54 bits per heavy atom. The van der Waals surface area contributed by atoms with Gasteiger partial charge in [-0.25, -0.2) is 4.39 Å². The predicted octanol–water partition coefficient (Wildman–Crippen LogP) is -0.962. The van der Waals surface area contributed by atoms with Gasteiger partial charge in [0, 0.05) is 5.75 Å². The molecule has 1 rings (SSSR count). The quantitative estimate of drug-likeness (QED) is 0.500. The minimum absolute atomic E-state index is 0. The van der Waals surface area contributed by atoms with Crippen LogP contribution in [0.25, 0.3) is 0 Å². The van der Waals surface area contributed by atoms with Gasteiger partial charge >= 0.3 is 23.1 Å². The van der Waals surface area contributed by atoms with Crippen LogP contribution in [0.2, 0.25) is 0 Å². The third kappa shape index (κ3) is 5.49. The Hall–Kier alpha value is 0.196. The van der Waals surface area contributed by atoms with E-state index in [1.54, 1.807) is 0 Å². The number of benzene rings is 1. The van der Waals surface area contributed by atoms with Crippen molar-refractivity contribution in [2.75, 3.05) is 6.61 Å². The molecule has 0 saturated heterocycles. The van der Waals surface area contributed by atoms with Crippen molar-refractivity contribution in [2.24, 2.45) is 0 Å². The first-order chi connectivity index (χ1) is 5.34. The van der Waals surface area contributed by atoms with E-state index in [4.69, 9.17) is 4.74 Å². The summed E-state index contributed by atoms with van der Waals surface area (Å²) >= 11 is 0. The van der Waals surface area contributed by atoms with Gasteiger partial charge in [0.1, 0.15) is 0 Å². The Morgan fingerprint density at radius 3 is 2.77 bits per heavy atom. The van der Waals surface area contributed by atoms with Gasteiger partial charge in [-0.2, -0.15) is 12.1 Å². The molecule has 0 aliphatic carbocycles. The van der Waals surface area contributed by atoms with Crippen molar-refractivity contribution in [1.29, 1.82) is 0 Å². The van der Waals surface area contributed by atoms with Crippen molar-refractivity contribution in [2.45, 2.75) is 13.3 Å². The summed E-state index contributed by atoms with van der Waals surface area (Å²) in [5, 5.41) is 0. The Labute approximate surface area is 105 Å². The number of halogens is 2.